The molecule has 0 bridgehead atoms. The average molecular weight is 250 g/mol. The molecule has 0 unspecified atom stereocenters. The summed E-state index contributed by atoms with van der Waals surface area (Å²) in [6.07, 6.45) is 6.95. The molecule has 0 atom stereocenters. The Kier molecular flexibility index (Phi) is 2.64. The first-order valence-electron chi connectivity index (χ1n) is 6.81. The van der Waals surface area contributed by atoms with Crippen LogP contribution >= 0.6 is 0 Å². The first kappa shape index (κ1) is 11.7. The molecule has 3 rings (SSSR count). The van der Waals surface area contributed by atoms with E-state index in [-0.39, 0.29) is 5.91 Å². The van der Waals surface area contributed by atoms with Gasteiger partial charge >= 0.3 is 6.03 Å². The third-order valence-electron chi connectivity index (χ3n) is 4.47. The van der Waals surface area contributed by atoms with Gasteiger partial charge in [-0.15, -0.1) is 0 Å². The number of amides is 4. The van der Waals surface area contributed by atoms with Crippen molar-refractivity contribution in [2.24, 2.45) is 11.3 Å². The standard InChI is InChI=1S/C13H18N2O3/c16-10-13(6-7-13)11(17)15(12(18)14-10)8-9-4-2-1-3-5-9/h9H,1-8H2,(H,14,16,18). The van der Waals surface area contributed by atoms with E-state index in [1.165, 1.54) is 24.2 Å². The summed E-state index contributed by atoms with van der Waals surface area (Å²) in [6, 6.07) is -0.520. The number of nitrogens with zero attached hydrogens (tertiary/aromatic N) is 1. The van der Waals surface area contributed by atoms with Crippen LogP contribution in [0.5, 0.6) is 0 Å². The van der Waals surface area contributed by atoms with Crippen LogP contribution in [0.4, 0.5) is 4.79 Å². The maximum absolute atomic E-state index is 12.2. The van der Waals surface area contributed by atoms with Gasteiger partial charge in [-0.25, -0.2) is 4.79 Å². The van der Waals surface area contributed by atoms with Crippen LogP contribution in [0.25, 0.3) is 0 Å². The molecule has 2 saturated carbocycles. The van der Waals surface area contributed by atoms with Crippen molar-refractivity contribution in [3.05, 3.63) is 0 Å². The van der Waals surface area contributed by atoms with E-state index in [9.17, 15) is 14.4 Å². The first-order valence-corrected chi connectivity index (χ1v) is 6.81. The lowest BCUT2D eigenvalue weighted by Gasteiger charge is -2.33. The van der Waals surface area contributed by atoms with Crippen LogP contribution in [0.1, 0.15) is 44.9 Å². The van der Waals surface area contributed by atoms with Crippen LogP contribution in [-0.4, -0.2) is 29.3 Å². The van der Waals surface area contributed by atoms with E-state index < -0.39 is 17.4 Å². The SMILES string of the molecule is O=C1NC(=O)C2(CC2)C(=O)N1CC1CCCCC1. The van der Waals surface area contributed by atoms with E-state index in [2.05, 4.69) is 5.32 Å². The van der Waals surface area contributed by atoms with Crippen LogP contribution in [0, 0.1) is 11.3 Å². The summed E-state index contributed by atoms with van der Waals surface area (Å²) in [5, 5.41) is 2.33. The Morgan fingerprint density at radius 2 is 1.78 bits per heavy atom. The van der Waals surface area contributed by atoms with Crippen LogP contribution in [0.15, 0.2) is 0 Å². The van der Waals surface area contributed by atoms with Crippen molar-refractivity contribution in [3.8, 4) is 0 Å². The lowest BCUT2D eigenvalue weighted by atomic mass is 9.88. The molecule has 0 aromatic carbocycles. The summed E-state index contributed by atoms with van der Waals surface area (Å²) in [6.45, 7) is 0.486. The predicted octanol–water partition coefficient (Wildman–Crippen LogP) is 1.43. The fourth-order valence-electron chi connectivity index (χ4n) is 3.09. The molecule has 0 radical (unpaired) electrons. The zero-order valence-corrected chi connectivity index (χ0v) is 10.4. The molecule has 1 N–H and O–H groups in total. The Hall–Kier alpha value is -1.39. The molecule has 5 nitrogen and oxygen atoms in total. The number of barbiturate groups is 1. The molecular weight excluding hydrogens is 232 g/mol. The van der Waals surface area contributed by atoms with Crippen LogP contribution < -0.4 is 5.32 Å². The maximum Gasteiger partial charge on any atom is 0.330 e. The average Bonchev–Trinajstić information content (AvgIpc) is 3.16. The van der Waals surface area contributed by atoms with Crippen LogP contribution in [0.3, 0.4) is 0 Å². The van der Waals surface area contributed by atoms with E-state index >= 15 is 0 Å². The Bertz CT molecular complexity index is 408. The highest BCUT2D eigenvalue weighted by Crippen LogP contribution is 2.49. The molecule has 0 aromatic rings. The normalized spacial score (nSPS) is 27.6. The van der Waals surface area contributed by atoms with Crippen molar-refractivity contribution in [2.75, 3.05) is 6.54 Å². The number of hydrogen-bond donors (Lipinski definition) is 1. The summed E-state index contributed by atoms with van der Waals surface area (Å²) in [7, 11) is 0. The minimum Gasteiger partial charge on any atom is -0.277 e. The fraction of sp³-hybridized carbons (Fsp3) is 0.769. The fourth-order valence-corrected chi connectivity index (χ4v) is 3.09. The third kappa shape index (κ3) is 1.72. The first-order chi connectivity index (χ1) is 8.63. The zero-order chi connectivity index (χ0) is 12.8. The number of nitrogens with one attached hydrogen (secondary N) is 1. The van der Waals surface area contributed by atoms with Crippen LogP contribution in [-0.2, 0) is 9.59 Å². The third-order valence-corrected chi connectivity index (χ3v) is 4.47. The van der Waals surface area contributed by atoms with Gasteiger partial charge in [0.1, 0.15) is 5.41 Å². The number of carbonyl (C=O) groups is 3. The topological polar surface area (TPSA) is 66.5 Å². The molecular formula is C13H18N2O3. The Balaban J connectivity index is 1.72. The number of carbonyl (C=O) groups excluding carboxylic acids is 3. The second kappa shape index (κ2) is 4.07. The summed E-state index contributed by atoms with van der Waals surface area (Å²) in [5.74, 6) is -0.239. The van der Waals surface area contributed by atoms with E-state index in [0.29, 0.717) is 25.3 Å². The number of rotatable bonds is 2. The molecule has 1 aliphatic heterocycles. The molecule has 0 aromatic heterocycles. The van der Waals surface area contributed by atoms with Crippen molar-refractivity contribution < 1.29 is 14.4 Å². The van der Waals surface area contributed by atoms with Crippen molar-refractivity contribution >= 4 is 17.8 Å². The maximum atomic E-state index is 12.2. The van der Waals surface area contributed by atoms with Crippen molar-refractivity contribution in [1.82, 2.24) is 10.2 Å². The van der Waals surface area contributed by atoms with E-state index in [1.54, 1.807) is 0 Å². The van der Waals surface area contributed by atoms with Gasteiger partial charge in [-0.1, -0.05) is 19.3 Å². The zero-order valence-electron chi connectivity index (χ0n) is 10.4. The highest BCUT2D eigenvalue weighted by molar-refractivity contribution is 6.20. The van der Waals surface area contributed by atoms with E-state index in [4.69, 9.17) is 0 Å². The van der Waals surface area contributed by atoms with Gasteiger partial charge in [0.2, 0.25) is 11.8 Å². The molecule has 2 aliphatic carbocycles. The smallest absolute Gasteiger partial charge is 0.277 e. The van der Waals surface area contributed by atoms with Gasteiger partial charge in [0.05, 0.1) is 0 Å². The second-order valence-electron chi connectivity index (χ2n) is 5.76. The number of imide groups is 2. The van der Waals surface area contributed by atoms with Gasteiger partial charge < -0.3 is 0 Å². The summed E-state index contributed by atoms with van der Waals surface area (Å²) in [5.41, 5.74) is -0.886. The Morgan fingerprint density at radius 3 is 2.39 bits per heavy atom. The summed E-state index contributed by atoms with van der Waals surface area (Å²) < 4.78 is 0. The van der Waals surface area contributed by atoms with Gasteiger partial charge in [-0.2, -0.15) is 0 Å². The number of urea groups is 1. The molecule has 98 valence electrons. The largest absolute Gasteiger partial charge is 0.330 e. The minimum atomic E-state index is -0.886. The molecule has 4 amide bonds. The van der Waals surface area contributed by atoms with Gasteiger partial charge in [-0.3, -0.25) is 19.8 Å². The van der Waals surface area contributed by atoms with E-state index in [0.717, 1.165) is 12.8 Å². The van der Waals surface area contributed by atoms with Crippen LogP contribution in [0.2, 0.25) is 0 Å². The van der Waals surface area contributed by atoms with Crippen molar-refractivity contribution in [2.45, 2.75) is 44.9 Å². The van der Waals surface area contributed by atoms with Gasteiger partial charge in [-0.05, 0) is 31.6 Å². The lowest BCUT2D eigenvalue weighted by Crippen LogP contribution is -2.60. The molecule has 1 spiro atoms. The lowest BCUT2D eigenvalue weighted by molar-refractivity contribution is -0.145. The molecule has 5 heteroatoms. The highest BCUT2D eigenvalue weighted by atomic mass is 16.2. The Morgan fingerprint density at radius 1 is 1.11 bits per heavy atom. The van der Waals surface area contributed by atoms with Crippen molar-refractivity contribution in [1.29, 1.82) is 0 Å². The van der Waals surface area contributed by atoms with Gasteiger partial charge in [0.15, 0.2) is 0 Å². The minimum absolute atomic E-state index is 0.262. The molecule has 3 fully saturated rings. The van der Waals surface area contributed by atoms with Gasteiger partial charge in [0.25, 0.3) is 0 Å². The monoisotopic (exact) mass is 250 g/mol. The quantitative estimate of drug-likeness (QED) is 0.754. The highest BCUT2D eigenvalue weighted by Gasteiger charge is 2.62. The molecule has 18 heavy (non-hydrogen) atoms. The second-order valence-corrected chi connectivity index (χ2v) is 5.76. The molecule has 3 aliphatic rings. The Labute approximate surface area is 106 Å². The predicted molar refractivity (Wildman–Crippen MR) is 63.5 cm³/mol. The molecule has 1 saturated heterocycles. The summed E-state index contributed by atoms with van der Waals surface area (Å²) in [4.78, 5) is 37.0. The molecule has 1 heterocycles. The summed E-state index contributed by atoms with van der Waals surface area (Å²) >= 11 is 0. The number of hydrogen-bond acceptors (Lipinski definition) is 3. The van der Waals surface area contributed by atoms with Crippen molar-refractivity contribution in [3.63, 3.8) is 0 Å². The van der Waals surface area contributed by atoms with E-state index in [1.807, 2.05) is 0 Å². The van der Waals surface area contributed by atoms with Gasteiger partial charge in [0, 0.05) is 6.54 Å².